The van der Waals surface area contributed by atoms with E-state index in [0.29, 0.717) is 40.5 Å². The second-order valence-electron chi connectivity index (χ2n) is 8.57. The molecule has 0 saturated carbocycles. The number of rotatable bonds is 8. The Morgan fingerprint density at radius 2 is 1.81 bits per heavy atom. The van der Waals surface area contributed by atoms with Gasteiger partial charge in [0.25, 0.3) is 10.0 Å². The van der Waals surface area contributed by atoms with Gasteiger partial charge < -0.3 is 15.4 Å². The highest BCUT2D eigenvalue weighted by Gasteiger charge is 2.20. The maximum atomic E-state index is 12.7. The zero-order chi connectivity index (χ0) is 26.0. The Labute approximate surface area is 210 Å². The Morgan fingerprint density at radius 3 is 2.47 bits per heavy atom. The zero-order valence-electron chi connectivity index (χ0n) is 20.9. The molecule has 10 nitrogen and oxygen atoms in total. The molecule has 0 fully saturated rings. The minimum Gasteiger partial charge on any atom is -0.496 e. The SMILES string of the molecule is COc1cc(-c2nn(-c3ccc(N(C)S(=O)(=O)C=CCN(C)C)cc3)c3ncnc(N)c23)ccc1C. The molecule has 11 heteroatoms. The number of aromatic nitrogens is 4. The maximum Gasteiger partial charge on any atom is 0.256 e. The Kier molecular flexibility index (Phi) is 6.95. The Balaban J connectivity index is 1.74. The van der Waals surface area contributed by atoms with Crippen LogP contribution in [0.3, 0.4) is 0 Å². The Hall–Kier alpha value is -3.96. The fourth-order valence-electron chi connectivity index (χ4n) is 3.74. The number of fused-ring (bicyclic) bond motifs is 1. The van der Waals surface area contributed by atoms with Crippen molar-refractivity contribution in [2.75, 3.05) is 44.8 Å². The van der Waals surface area contributed by atoms with Crippen LogP contribution in [0.5, 0.6) is 5.75 Å². The number of methoxy groups -OCH3 is 1. The van der Waals surface area contributed by atoms with Crippen molar-refractivity contribution < 1.29 is 13.2 Å². The van der Waals surface area contributed by atoms with Crippen LogP contribution in [-0.2, 0) is 10.0 Å². The van der Waals surface area contributed by atoms with Crippen LogP contribution < -0.4 is 14.8 Å². The van der Waals surface area contributed by atoms with Gasteiger partial charge in [-0.05, 0) is 56.9 Å². The number of aryl methyl sites for hydroxylation is 1. The Morgan fingerprint density at radius 1 is 1.08 bits per heavy atom. The first-order chi connectivity index (χ1) is 17.1. The van der Waals surface area contributed by atoms with Crippen LogP contribution >= 0.6 is 0 Å². The number of hydrogen-bond acceptors (Lipinski definition) is 8. The zero-order valence-corrected chi connectivity index (χ0v) is 21.7. The van der Waals surface area contributed by atoms with Crippen LogP contribution in [0.2, 0.25) is 0 Å². The summed E-state index contributed by atoms with van der Waals surface area (Å²) in [5.41, 5.74) is 10.4. The molecule has 0 spiro atoms. The van der Waals surface area contributed by atoms with E-state index in [1.54, 1.807) is 42.1 Å². The first kappa shape index (κ1) is 25.1. The summed E-state index contributed by atoms with van der Waals surface area (Å²) >= 11 is 0. The number of nitrogen functional groups attached to an aromatic ring is 1. The number of hydrogen-bond donors (Lipinski definition) is 1. The molecule has 0 atom stereocenters. The fraction of sp³-hybridized carbons (Fsp3) is 0.240. The van der Waals surface area contributed by atoms with Crippen LogP contribution in [0.4, 0.5) is 11.5 Å². The average molecular weight is 508 g/mol. The van der Waals surface area contributed by atoms with Gasteiger partial charge >= 0.3 is 0 Å². The standard InChI is InChI=1S/C25H29N7O3S/c1-17-7-8-18(15-21(17)35-5)23-22-24(26)27-16-28-25(22)32(29-23)20-11-9-19(10-12-20)31(4)36(33,34)14-6-13-30(2)3/h6-12,14-16H,13H2,1-5H3,(H2,26,27,28). The molecular formula is C25H29N7O3S. The van der Waals surface area contributed by atoms with Crippen molar-refractivity contribution >= 4 is 32.6 Å². The third kappa shape index (κ3) is 4.88. The summed E-state index contributed by atoms with van der Waals surface area (Å²) in [5, 5.41) is 6.64. The third-order valence-electron chi connectivity index (χ3n) is 5.75. The summed E-state index contributed by atoms with van der Waals surface area (Å²) < 4.78 is 33.7. The van der Waals surface area contributed by atoms with Crippen molar-refractivity contribution in [3.63, 3.8) is 0 Å². The molecule has 0 bridgehead atoms. The first-order valence-electron chi connectivity index (χ1n) is 11.2. The average Bonchev–Trinajstić information content (AvgIpc) is 3.24. The number of nitrogens with two attached hydrogens (primary N) is 1. The molecule has 0 aliphatic carbocycles. The number of likely N-dealkylation sites (N-methyl/N-ethyl adjacent to an activating group) is 1. The summed E-state index contributed by atoms with van der Waals surface area (Å²) in [6, 6.07) is 12.8. The van der Waals surface area contributed by atoms with E-state index in [1.165, 1.54) is 23.1 Å². The van der Waals surface area contributed by atoms with Crippen molar-refractivity contribution in [3.05, 3.63) is 65.8 Å². The lowest BCUT2D eigenvalue weighted by Crippen LogP contribution is -2.24. The predicted molar refractivity (Wildman–Crippen MR) is 143 cm³/mol. The van der Waals surface area contributed by atoms with Crippen molar-refractivity contribution in [1.29, 1.82) is 0 Å². The summed E-state index contributed by atoms with van der Waals surface area (Å²) in [6.45, 7) is 2.49. The van der Waals surface area contributed by atoms with Gasteiger partial charge in [0.15, 0.2) is 5.65 Å². The lowest BCUT2D eigenvalue weighted by atomic mass is 10.1. The molecule has 36 heavy (non-hydrogen) atoms. The van der Waals surface area contributed by atoms with Gasteiger partial charge in [-0.1, -0.05) is 18.2 Å². The lowest BCUT2D eigenvalue weighted by molar-refractivity contribution is 0.412. The number of sulfonamides is 1. The van der Waals surface area contributed by atoms with Gasteiger partial charge in [0.2, 0.25) is 0 Å². The molecule has 0 unspecified atom stereocenters. The summed E-state index contributed by atoms with van der Waals surface area (Å²) in [7, 11) is 3.27. The second kappa shape index (κ2) is 9.96. The molecule has 0 aliphatic rings. The fourth-order valence-corrected chi connectivity index (χ4v) is 4.67. The lowest BCUT2D eigenvalue weighted by Gasteiger charge is -2.17. The smallest absolute Gasteiger partial charge is 0.256 e. The monoisotopic (exact) mass is 507 g/mol. The van der Waals surface area contributed by atoms with Gasteiger partial charge in [-0.15, -0.1) is 0 Å². The number of anilines is 2. The molecule has 188 valence electrons. The molecule has 0 saturated heterocycles. The van der Waals surface area contributed by atoms with Crippen LogP contribution in [0.25, 0.3) is 28.0 Å². The number of benzene rings is 2. The van der Waals surface area contributed by atoms with E-state index in [1.807, 2.05) is 44.1 Å². The molecule has 0 aliphatic heterocycles. The summed E-state index contributed by atoms with van der Waals surface area (Å²) in [4.78, 5) is 10.5. The highest BCUT2D eigenvalue weighted by molar-refractivity contribution is 7.95. The molecule has 2 aromatic heterocycles. The van der Waals surface area contributed by atoms with E-state index >= 15 is 0 Å². The topological polar surface area (TPSA) is 119 Å². The van der Waals surface area contributed by atoms with Crippen molar-refractivity contribution in [1.82, 2.24) is 24.6 Å². The highest BCUT2D eigenvalue weighted by Crippen LogP contribution is 2.34. The second-order valence-corrected chi connectivity index (χ2v) is 10.4. The van der Waals surface area contributed by atoms with Crippen LogP contribution in [0.1, 0.15) is 5.56 Å². The van der Waals surface area contributed by atoms with Gasteiger partial charge in [-0.2, -0.15) is 5.10 Å². The normalized spacial score (nSPS) is 12.1. The van der Waals surface area contributed by atoms with Gasteiger partial charge in [0.1, 0.15) is 23.6 Å². The molecule has 0 amide bonds. The van der Waals surface area contributed by atoms with Crippen molar-refractivity contribution in [3.8, 4) is 22.7 Å². The minimum atomic E-state index is -3.61. The van der Waals surface area contributed by atoms with Crippen LogP contribution in [-0.4, -0.2) is 67.9 Å². The van der Waals surface area contributed by atoms with Gasteiger partial charge in [0, 0.05) is 24.6 Å². The quantitative estimate of drug-likeness (QED) is 0.386. The van der Waals surface area contributed by atoms with E-state index in [4.69, 9.17) is 15.6 Å². The van der Waals surface area contributed by atoms with Gasteiger partial charge in [0.05, 0.1) is 23.9 Å². The van der Waals surface area contributed by atoms with Crippen molar-refractivity contribution in [2.24, 2.45) is 0 Å². The summed E-state index contributed by atoms with van der Waals surface area (Å²) in [5.74, 6) is 1.05. The van der Waals surface area contributed by atoms with Gasteiger partial charge in [-0.3, -0.25) is 4.31 Å². The van der Waals surface area contributed by atoms with E-state index in [0.717, 1.165) is 16.9 Å². The molecule has 4 rings (SSSR count). The van der Waals surface area contributed by atoms with Gasteiger partial charge in [-0.25, -0.2) is 23.1 Å². The molecule has 0 radical (unpaired) electrons. The molecule has 2 N–H and O–H groups in total. The van der Waals surface area contributed by atoms with E-state index < -0.39 is 10.0 Å². The Bertz CT molecular complexity index is 1530. The first-order valence-corrected chi connectivity index (χ1v) is 12.7. The predicted octanol–water partition coefficient (Wildman–Crippen LogP) is 3.22. The molecular weight excluding hydrogens is 478 g/mol. The molecule has 4 aromatic rings. The maximum absolute atomic E-state index is 12.7. The highest BCUT2D eigenvalue weighted by atomic mass is 32.2. The van der Waals surface area contributed by atoms with Crippen molar-refractivity contribution in [2.45, 2.75) is 6.92 Å². The van der Waals surface area contributed by atoms with Crippen LogP contribution in [0.15, 0.2) is 60.3 Å². The summed E-state index contributed by atoms with van der Waals surface area (Å²) in [6.07, 6.45) is 3.01. The minimum absolute atomic E-state index is 0.313. The third-order valence-corrected chi connectivity index (χ3v) is 7.26. The van der Waals surface area contributed by atoms with Crippen LogP contribution in [0, 0.1) is 6.92 Å². The number of nitrogens with zero attached hydrogens (tertiary/aromatic N) is 6. The van der Waals surface area contributed by atoms with E-state index in [9.17, 15) is 8.42 Å². The van der Waals surface area contributed by atoms with E-state index in [-0.39, 0.29) is 0 Å². The molecule has 2 aromatic carbocycles. The van der Waals surface area contributed by atoms with E-state index in [2.05, 4.69) is 9.97 Å². The number of ether oxygens (including phenoxy) is 1. The molecule has 2 heterocycles. The largest absolute Gasteiger partial charge is 0.496 e.